The number of hydrogen-bond acceptors (Lipinski definition) is 3. The van der Waals surface area contributed by atoms with Crippen molar-refractivity contribution in [1.29, 1.82) is 0 Å². The van der Waals surface area contributed by atoms with Gasteiger partial charge in [-0.25, -0.2) is 0 Å². The highest BCUT2D eigenvalue weighted by Crippen LogP contribution is 2.32. The largest absolute Gasteiger partial charge is 0.493 e. The third-order valence-electron chi connectivity index (χ3n) is 2.48. The maximum atomic E-state index is 9.71. The number of rotatable bonds is 2. The molecule has 3 heteroatoms. The molecule has 0 saturated heterocycles. The quantitative estimate of drug-likeness (QED) is 0.808. The third-order valence-corrected chi connectivity index (χ3v) is 2.48. The van der Waals surface area contributed by atoms with Crippen molar-refractivity contribution in [3.05, 3.63) is 29.3 Å². The Kier molecular flexibility index (Phi) is 5.29. The summed E-state index contributed by atoms with van der Waals surface area (Å²) in [6.45, 7) is 4.71. The lowest BCUT2D eigenvalue weighted by molar-refractivity contribution is 0.115. The van der Waals surface area contributed by atoms with Crippen LogP contribution in [0, 0.1) is 0 Å². The van der Waals surface area contributed by atoms with Crippen LogP contribution in [0.4, 0.5) is 0 Å². The number of hydrogen-bond donors (Lipinski definition) is 2. The van der Waals surface area contributed by atoms with E-state index in [-0.39, 0.29) is 6.61 Å². The van der Waals surface area contributed by atoms with E-state index in [1.54, 1.807) is 0 Å². The van der Waals surface area contributed by atoms with Crippen molar-refractivity contribution >= 4 is 0 Å². The molecule has 0 fully saturated rings. The molecule has 1 aliphatic rings. The zero-order valence-corrected chi connectivity index (χ0v) is 9.94. The monoisotopic (exact) mass is 224 g/mol. The molecule has 0 aliphatic carbocycles. The van der Waals surface area contributed by atoms with Gasteiger partial charge in [0.1, 0.15) is 5.75 Å². The Morgan fingerprint density at radius 3 is 2.81 bits per heavy atom. The number of ether oxygens (including phenoxy) is 1. The summed E-state index contributed by atoms with van der Waals surface area (Å²) in [5.41, 5.74) is 1.89. The van der Waals surface area contributed by atoms with E-state index in [0.717, 1.165) is 16.9 Å². The van der Waals surface area contributed by atoms with Crippen LogP contribution in [0.1, 0.15) is 37.5 Å². The number of fused-ring (bicyclic) bond motifs is 1. The minimum atomic E-state index is -0.419. The van der Waals surface area contributed by atoms with Crippen molar-refractivity contribution in [2.75, 3.05) is 13.2 Å². The van der Waals surface area contributed by atoms with Crippen molar-refractivity contribution < 1.29 is 14.9 Å². The molecule has 0 saturated carbocycles. The first-order valence-electron chi connectivity index (χ1n) is 5.86. The van der Waals surface area contributed by atoms with E-state index in [1.165, 1.54) is 0 Å². The molecule has 0 amide bonds. The van der Waals surface area contributed by atoms with E-state index in [0.29, 0.717) is 19.4 Å². The zero-order chi connectivity index (χ0) is 12.0. The van der Waals surface area contributed by atoms with E-state index < -0.39 is 6.10 Å². The van der Waals surface area contributed by atoms with Gasteiger partial charge < -0.3 is 14.9 Å². The first-order chi connectivity index (χ1) is 7.81. The van der Waals surface area contributed by atoms with Gasteiger partial charge in [0.25, 0.3) is 0 Å². The maximum absolute atomic E-state index is 9.71. The van der Waals surface area contributed by atoms with Crippen molar-refractivity contribution in [1.82, 2.24) is 0 Å². The van der Waals surface area contributed by atoms with Gasteiger partial charge in [-0.3, -0.25) is 0 Å². The van der Waals surface area contributed by atoms with Crippen molar-refractivity contribution in [2.45, 2.75) is 32.8 Å². The average Bonchev–Trinajstić information content (AvgIpc) is 2.33. The average molecular weight is 224 g/mol. The smallest absolute Gasteiger partial charge is 0.125 e. The molecule has 1 aromatic rings. The van der Waals surface area contributed by atoms with Gasteiger partial charge in [-0.15, -0.1) is 0 Å². The predicted octanol–water partition coefficient (Wildman–Crippen LogP) is 2.06. The second kappa shape index (κ2) is 6.51. The van der Waals surface area contributed by atoms with Crippen LogP contribution < -0.4 is 4.74 Å². The first kappa shape index (κ1) is 13.0. The normalized spacial score (nSPS) is 17.9. The van der Waals surface area contributed by atoms with Crippen molar-refractivity contribution in [3.8, 4) is 5.75 Å². The SMILES string of the molecule is CC.OCCc1ccc2c(c1)C(O)CCO2. The molecule has 0 bridgehead atoms. The molecule has 0 spiro atoms. The molecular formula is C13H20O3. The third kappa shape index (κ3) is 2.97. The highest BCUT2D eigenvalue weighted by molar-refractivity contribution is 5.40. The van der Waals surface area contributed by atoms with Gasteiger partial charge in [0.05, 0.1) is 12.7 Å². The lowest BCUT2D eigenvalue weighted by Gasteiger charge is -2.22. The van der Waals surface area contributed by atoms with Gasteiger partial charge in [-0.05, 0) is 24.1 Å². The maximum Gasteiger partial charge on any atom is 0.125 e. The van der Waals surface area contributed by atoms with E-state index >= 15 is 0 Å². The predicted molar refractivity (Wildman–Crippen MR) is 63.7 cm³/mol. The van der Waals surface area contributed by atoms with Gasteiger partial charge in [-0.1, -0.05) is 19.9 Å². The van der Waals surface area contributed by atoms with E-state index in [2.05, 4.69) is 0 Å². The molecule has 0 aromatic heterocycles. The van der Waals surface area contributed by atoms with Gasteiger partial charge in [-0.2, -0.15) is 0 Å². The molecule has 90 valence electrons. The molecular weight excluding hydrogens is 204 g/mol. The summed E-state index contributed by atoms with van der Waals surface area (Å²) in [6.07, 6.45) is 0.854. The summed E-state index contributed by atoms with van der Waals surface area (Å²) in [5, 5.41) is 18.5. The highest BCUT2D eigenvalue weighted by Gasteiger charge is 2.18. The second-order valence-electron chi connectivity index (χ2n) is 3.50. The standard InChI is InChI=1S/C11H14O3.C2H6/c12-5-3-8-1-2-11-9(7-8)10(13)4-6-14-11;1-2/h1-2,7,10,12-13H,3-6H2;1-2H3. The van der Waals surface area contributed by atoms with Crippen LogP contribution in [0.25, 0.3) is 0 Å². The fourth-order valence-corrected chi connectivity index (χ4v) is 1.71. The van der Waals surface area contributed by atoms with Gasteiger partial charge >= 0.3 is 0 Å². The Hall–Kier alpha value is -1.06. The summed E-state index contributed by atoms with van der Waals surface area (Å²) in [4.78, 5) is 0. The van der Waals surface area contributed by atoms with E-state index in [1.807, 2.05) is 32.0 Å². The van der Waals surface area contributed by atoms with Crippen LogP contribution in [0.2, 0.25) is 0 Å². The lowest BCUT2D eigenvalue weighted by atomic mass is 10.00. The van der Waals surface area contributed by atoms with Crippen molar-refractivity contribution in [2.24, 2.45) is 0 Å². The first-order valence-corrected chi connectivity index (χ1v) is 5.86. The van der Waals surface area contributed by atoms with Crippen LogP contribution in [0.5, 0.6) is 5.75 Å². The Bertz CT molecular complexity index is 323. The second-order valence-corrected chi connectivity index (χ2v) is 3.50. The lowest BCUT2D eigenvalue weighted by Crippen LogP contribution is -2.14. The highest BCUT2D eigenvalue weighted by atomic mass is 16.5. The summed E-state index contributed by atoms with van der Waals surface area (Å²) in [6, 6.07) is 5.70. The Labute approximate surface area is 96.7 Å². The van der Waals surface area contributed by atoms with Crippen LogP contribution in [0.3, 0.4) is 0 Å². The summed E-state index contributed by atoms with van der Waals surface area (Å²) >= 11 is 0. The molecule has 16 heavy (non-hydrogen) atoms. The molecule has 2 rings (SSSR count). The van der Waals surface area contributed by atoms with Crippen LogP contribution in [-0.4, -0.2) is 23.4 Å². The van der Waals surface area contributed by atoms with E-state index in [9.17, 15) is 5.11 Å². The van der Waals surface area contributed by atoms with Gasteiger partial charge in [0, 0.05) is 18.6 Å². The zero-order valence-electron chi connectivity index (χ0n) is 9.94. The van der Waals surface area contributed by atoms with Gasteiger partial charge in [0.15, 0.2) is 0 Å². The minimum absolute atomic E-state index is 0.135. The molecule has 1 aromatic carbocycles. The number of benzene rings is 1. The van der Waals surface area contributed by atoms with Gasteiger partial charge in [0.2, 0.25) is 0 Å². The summed E-state index contributed by atoms with van der Waals surface area (Å²) in [5.74, 6) is 0.769. The molecule has 1 unspecified atom stereocenters. The molecule has 1 atom stereocenters. The molecule has 0 radical (unpaired) electrons. The minimum Gasteiger partial charge on any atom is -0.493 e. The Morgan fingerprint density at radius 1 is 1.38 bits per heavy atom. The Morgan fingerprint density at radius 2 is 2.12 bits per heavy atom. The summed E-state index contributed by atoms with van der Waals surface area (Å²) in [7, 11) is 0. The topological polar surface area (TPSA) is 49.7 Å². The molecule has 1 aliphatic heterocycles. The van der Waals surface area contributed by atoms with Crippen LogP contribution in [-0.2, 0) is 6.42 Å². The Balaban J connectivity index is 0.000000606. The molecule has 3 nitrogen and oxygen atoms in total. The fourth-order valence-electron chi connectivity index (χ4n) is 1.71. The van der Waals surface area contributed by atoms with Crippen LogP contribution >= 0.6 is 0 Å². The fraction of sp³-hybridized carbons (Fsp3) is 0.538. The number of aliphatic hydroxyl groups excluding tert-OH is 2. The molecule has 1 heterocycles. The van der Waals surface area contributed by atoms with E-state index in [4.69, 9.17) is 9.84 Å². The number of aliphatic hydroxyl groups is 2. The van der Waals surface area contributed by atoms with Crippen LogP contribution in [0.15, 0.2) is 18.2 Å². The molecule has 2 N–H and O–H groups in total. The van der Waals surface area contributed by atoms with Crippen molar-refractivity contribution in [3.63, 3.8) is 0 Å². The summed E-state index contributed by atoms with van der Waals surface area (Å²) < 4.78 is 5.40.